The zero-order valence-electron chi connectivity index (χ0n) is 15.7. The minimum Gasteiger partial charge on any atom is -0.335 e. The number of carbonyl (C=O) groups is 2. The normalized spacial score (nSPS) is 13.4. The van der Waals surface area contributed by atoms with Gasteiger partial charge in [-0.3, -0.25) is 9.59 Å². The summed E-state index contributed by atoms with van der Waals surface area (Å²) in [5.74, 6) is -0.389. The summed E-state index contributed by atoms with van der Waals surface area (Å²) in [4.78, 5) is 27.6. The summed E-state index contributed by atoms with van der Waals surface area (Å²) >= 11 is 0. The Kier molecular flexibility index (Phi) is 5.45. The second-order valence-electron chi connectivity index (χ2n) is 6.74. The number of rotatable bonds is 4. The Hall–Kier alpha value is -2.83. The van der Waals surface area contributed by atoms with Crippen LogP contribution in [-0.4, -0.2) is 29.8 Å². The summed E-state index contributed by atoms with van der Waals surface area (Å²) in [7, 11) is 0. The number of hydrogen-bond acceptors (Lipinski definition) is 2. The maximum Gasteiger partial charge on any atom is 0.416 e. The molecule has 0 aliphatic carbocycles. The molecule has 0 spiro atoms. The first-order valence-corrected chi connectivity index (χ1v) is 9.07. The fourth-order valence-corrected chi connectivity index (χ4v) is 3.51. The van der Waals surface area contributed by atoms with Crippen LogP contribution in [-0.2, 0) is 23.9 Å². The van der Waals surface area contributed by atoms with Gasteiger partial charge < -0.3 is 9.80 Å². The first kappa shape index (κ1) is 19.9. The van der Waals surface area contributed by atoms with Crippen molar-refractivity contribution in [2.45, 2.75) is 33.0 Å². The standard InChI is InChI=1S/C21H21F3N2O2/c1-3-25(13-17-6-4-5-7-18(17)21(22,23)24)20(28)16-8-9-19-15(12-16)10-11-26(19)14(2)27/h4-9,12H,3,10-11,13H2,1-2H3. The summed E-state index contributed by atoms with van der Waals surface area (Å²) in [6, 6.07) is 10.4. The number of carbonyl (C=O) groups excluding carboxylic acids is 2. The predicted molar refractivity (Wildman–Crippen MR) is 100 cm³/mol. The molecule has 28 heavy (non-hydrogen) atoms. The number of fused-ring (bicyclic) bond motifs is 1. The Morgan fingerprint density at radius 2 is 1.86 bits per heavy atom. The molecular formula is C21H21F3N2O2. The number of amides is 2. The van der Waals surface area contributed by atoms with Crippen LogP contribution in [0, 0.1) is 0 Å². The molecule has 0 radical (unpaired) electrons. The van der Waals surface area contributed by atoms with Crippen LogP contribution in [0.1, 0.15) is 40.9 Å². The van der Waals surface area contributed by atoms with Gasteiger partial charge in [0.2, 0.25) is 5.91 Å². The topological polar surface area (TPSA) is 40.6 Å². The van der Waals surface area contributed by atoms with Crippen molar-refractivity contribution in [1.29, 1.82) is 0 Å². The highest BCUT2D eigenvalue weighted by Gasteiger charge is 2.33. The van der Waals surface area contributed by atoms with E-state index in [0.29, 0.717) is 18.5 Å². The van der Waals surface area contributed by atoms with Crippen LogP contribution in [0.25, 0.3) is 0 Å². The third kappa shape index (κ3) is 3.88. The zero-order valence-corrected chi connectivity index (χ0v) is 15.7. The van der Waals surface area contributed by atoms with Gasteiger partial charge in [-0.1, -0.05) is 18.2 Å². The lowest BCUT2D eigenvalue weighted by molar-refractivity contribution is -0.138. The lowest BCUT2D eigenvalue weighted by atomic mass is 10.0. The molecule has 148 valence electrons. The third-order valence-corrected chi connectivity index (χ3v) is 4.96. The highest BCUT2D eigenvalue weighted by atomic mass is 19.4. The van der Waals surface area contributed by atoms with E-state index in [2.05, 4.69) is 0 Å². The molecule has 0 N–H and O–H groups in total. The lowest BCUT2D eigenvalue weighted by Gasteiger charge is -2.23. The van der Waals surface area contributed by atoms with Crippen molar-refractivity contribution in [3.05, 3.63) is 64.7 Å². The first-order chi connectivity index (χ1) is 13.2. The Balaban J connectivity index is 1.85. The molecule has 1 heterocycles. The largest absolute Gasteiger partial charge is 0.416 e. The summed E-state index contributed by atoms with van der Waals surface area (Å²) < 4.78 is 39.7. The van der Waals surface area contributed by atoms with Gasteiger partial charge in [-0.05, 0) is 48.7 Å². The Labute approximate surface area is 161 Å². The number of anilines is 1. The molecule has 0 fully saturated rings. The Bertz CT molecular complexity index is 909. The molecule has 1 aliphatic rings. The van der Waals surface area contributed by atoms with Crippen molar-refractivity contribution in [3.63, 3.8) is 0 Å². The molecule has 0 saturated carbocycles. The van der Waals surface area contributed by atoms with E-state index in [9.17, 15) is 22.8 Å². The molecule has 3 rings (SSSR count). The van der Waals surface area contributed by atoms with Crippen molar-refractivity contribution < 1.29 is 22.8 Å². The monoisotopic (exact) mass is 390 g/mol. The van der Waals surface area contributed by atoms with E-state index < -0.39 is 11.7 Å². The van der Waals surface area contributed by atoms with Crippen molar-refractivity contribution in [2.24, 2.45) is 0 Å². The maximum absolute atomic E-state index is 13.2. The number of nitrogens with zero attached hydrogens (tertiary/aromatic N) is 2. The van der Waals surface area contributed by atoms with Crippen LogP contribution < -0.4 is 4.90 Å². The van der Waals surface area contributed by atoms with Crippen LogP contribution in [0.15, 0.2) is 42.5 Å². The Morgan fingerprint density at radius 3 is 2.50 bits per heavy atom. The average molecular weight is 390 g/mol. The van der Waals surface area contributed by atoms with E-state index in [0.717, 1.165) is 17.3 Å². The van der Waals surface area contributed by atoms with Gasteiger partial charge in [0.25, 0.3) is 5.91 Å². The van der Waals surface area contributed by atoms with Gasteiger partial charge in [0.1, 0.15) is 0 Å². The highest BCUT2D eigenvalue weighted by Crippen LogP contribution is 2.33. The first-order valence-electron chi connectivity index (χ1n) is 9.07. The smallest absolute Gasteiger partial charge is 0.335 e. The molecule has 7 heteroatoms. The number of benzene rings is 2. The summed E-state index contributed by atoms with van der Waals surface area (Å²) in [6.07, 6.45) is -3.82. The van der Waals surface area contributed by atoms with Gasteiger partial charge in [0, 0.05) is 37.8 Å². The fourth-order valence-electron chi connectivity index (χ4n) is 3.51. The average Bonchev–Trinajstić information content (AvgIpc) is 3.08. The molecule has 0 aromatic heterocycles. The second-order valence-corrected chi connectivity index (χ2v) is 6.74. The molecule has 2 amide bonds. The number of hydrogen-bond donors (Lipinski definition) is 0. The Morgan fingerprint density at radius 1 is 1.14 bits per heavy atom. The minimum atomic E-state index is -4.47. The van der Waals surface area contributed by atoms with Crippen LogP contribution >= 0.6 is 0 Å². The summed E-state index contributed by atoms with van der Waals surface area (Å²) in [5, 5.41) is 0. The minimum absolute atomic E-state index is 0.0585. The zero-order chi connectivity index (χ0) is 20.5. The number of halogens is 3. The molecule has 0 atom stereocenters. The van der Waals surface area contributed by atoms with E-state index >= 15 is 0 Å². The SMILES string of the molecule is CCN(Cc1ccccc1C(F)(F)F)C(=O)c1ccc2c(c1)CCN2C(C)=O. The van der Waals surface area contributed by atoms with Gasteiger partial charge in [-0.25, -0.2) is 0 Å². The second kappa shape index (κ2) is 7.66. The molecule has 2 aromatic carbocycles. The van der Waals surface area contributed by atoms with E-state index in [4.69, 9.17) is 0 Å². The summed E-state index contributed by atoms with van der Waals surface area (Å²) in [6.45, 7) is 3.95. The fraction of sp³-hybridized carbons (Fsp3) is 0.333. The molecular weight excluding hydrogens is 369 g/mol. The van der Waals surface area contributed by atoms with Crippen molar-refractivity contribution >= 4 is 17.5 Å². The van der Waals surface area contributed by atoms with Crippen molar-refractivity contribution in [2.75, 3.05) is 18.0 Å². The van der Waals surface area contributed by atoms with Crippen LogP contribution in [0.5, 0.6) is 0 Å². The van der Waals surface area contributed by atoms with Gasteiger partial charge in [-0.2, -0.15) is 13.2 Å². The summed E-state index contributed by atoms with van der Waals surface area (Å²) in [5.41, 5.74) is 1.43. The molecule has 0 saturated heterocycles. The molecule has 1 aliphatic heterocycles. The van der Waals surface area contributed by atoms with E-state index in [1.165, 1.54) is 30.0 Å². The van der Waals surface area contributed by atoms with Gasteiger partial charge >= 0.3 is 6.18 Å². The van der Waals surface area contributed by atoms with Crippen LogP contribution in [0.2, 0.25) is 0 Å². The quantitative estimate of drug-likeness (QED) is 0.782. The molecule has 2 aromatic rings. The predicted octanol–water partition coefficient (Wildman–Crippen LogP) is 4.28. The molecule has 4 nitrogen and oxygen atoms in total. The van der Waals surface area contributed by atoms with Crippen molar-refractivity contribution in [1.82, 2.24) is 4.90 Å². The van der Waals surface area contributed by atoms with Crippen LogP contribution in [0.3, 0.4) is 0 Å². The third-order valence-electron chi connectivity index (χ3n) is 4.96. The maximum atomic E-state index is 13.2. The van der Waals surface area contributed by atoms with Crippen LogP contribution in [0.4, 0.5) is 18.9 Å². The van der Waals surface area contributed by atoms with E-state index in [1.54, 1.807) is 30.0 Å². The highest BCUT2D eigenvalue weighted by molar-refractivity contribution is 5.97. The molecule has 0 unspecified atom stereocenters. The van der Waals surface area contributed by atoms with E-state index in [-0.39, 0.29) is 30.5 Å². The van der Waals surface area contributed by atoms with Gasteiger partial charge in [-0.15, -0.1) is 0 Å². The van der Waals surface area contributed by atoms with Crippen molar-refractivity contribution in [3.8, 4) is 0 Å². The van der Waals surface area contributed by atoms with E-state index in [1.807, 2.05) is 0 Å². The molecule has 0 bridgehead atoms. The number of alkyl halides is 3. The van der Waals surface area contributed by atoms with Gasteiger partial charge in [0.15, 0.2) is 0 Å². The lowest BCUT2D eigenvalue weighted by Crippen LogP contribution is -2.31. The van der Waals surface area contributed by atoms with Gasteiger partial charge in [0.05, 0.1) is 5.56 Å².